The van der Waals surface area contributed by atoms with Crippen LogP contribution in [0.5, 0.6) is 0 Å². The quantitative estimate of drug-likeness (QED) is 0.812. The van der Waals surface area contributed by atoms with Crippen molar-refractivity contribution in [3.63, 3.8) is 0 Å². The molecule has 0 aromatic carbocycles. The fourth-order valence-electron chi connectivity index (χ4n) is 1.14. The van der Waals surface area contributed by atoms with Crippen LogP contribution in [-0.4, -0.2) is 38.7 Å². The van der Waals surface area contributed by atoms with Crippen LogP contribution >= 0.6 is 0 Å². The number of aromatic nitrogens is 4. The summed E-state index contributed by atoms with van der Waals surface area (Å²) in [5, 5.41) is 17.8. The number of amides is 1. The van der Waals surface area contributed by atoms with Crippen LogP contribution in [0.15, 0.2) is 6.58 Å². The molecule has 0 saturated carbocycles. The zero-order valence-electron chi connectivity index (χ0n) is 12.1. The zero-order chi connectivity index (χ0) is 15.2. The number of carbonyl (C=O) groups excluding carboxylic acids is 1. The summed E-state index contributed by atoms with van der Waals surface area (Å²) in [4.78, 5) is 11.4. The van der Waals surface area contributed by atoms with E-state index >= 15 is 0 Å². The molecule has 0 fully saturated rings. The van der Waals surface area contributed by atoms with Crippen molar-refractivity contribution in [2.45, 2.75) is 39.8 Å². The third kappa shape index (κ3) is 5.59. The topological polar surface area (TPSA) is 99.1 Å². The number of carbonyl (C=O) groups is 1. The van der Waals surface area contributed by atoms with E-state index in [1.165, 1.54) is 0 Å². The first-order valence-corrected chi connectivity index (χ1v) is 6.17. The van der Waals surface area contributed by atoms with Crippen LogP contribution in [0.1, 0.15) is 39.3 Å². The van der Waals surface area contributed by atoms with E-state index in [9.17, 15) is 4.79 Å². The lowest BCUT2D eigenvalue weighted by molar-refractivity contribution is 0.0522. The van der Waals surface area contributed by atoms with Crippen LogP contribution in [0.25, 0.3) is 5.76 Å². The largest absolute Gasteiger partial charge is 0.490 e. The molecule has 8 heteroatoms. The van der Waals surface area contributed by atoms with E-state index in [2.05, 4.69) is 32.3 Å². The van der Waals surface area contributed by atoms with Gasteiger partial charge in [-0.05, 0) is 27.7 Å². The Kier molecular flexibility index (Phi) is 5.36. The minimum atomic E-state index is -0.555. The van der Waals surface area contributed by atoms with E-state index in [0.717, 1.165) is 0 Å². The van der Waals surface area contributed by atoms with Gasteiger partial charge in [0.25, 0.3) is 0 Å². The summed E-state index contributed by atoms with van der Waals surface area (Å²) in [7, 11) is 0. The number of hydrogen-bond acceptors (Lipinski definition) is 7. The van der Waals surface area contributed by atoms with Crippen LogP contribution in [0.4, 0.5) is 4.79 Å². The monoisotopic (exact) mass is 281 g/mol. The Bertz CT molecular complexity index is 467. The molecule has 1 aromatic rings. The molecule has 1 heterocycles. The van der Waals surface area contributed by atoms with Crippen molar-refractivity contribution in [3.8, 4) is 0 Å². The molecule has 1 aromatic heterocycles. The molecule has 0 spiro atoms. The molecule has 0 aliphatic carbocycles. The second kappa shape index (κ2) is 6.78. The van der Waals surface area contributed by atoms with Gasteiger partial charge in [0, 0.05) is 0 Å². The van der Waals surface area contributed by atoms with Crippen LogP contribution in [0.3, 0.4) is 0 Å². The van der Waals surface area contributed by atoms with E-state index in [1.54, 1.807) is 20.8 Å². The Balaban J connectivity index is 2.50. The fraction of sp³-hybridized carbons (Fsp3) is 0.583. The van der Waals surface area contributed by atoms with Crippen LogP contribution < -0.4 is 5.32 Å². The molecule has 8 nitrogen and oxygen atoms in total. The number of rotatable bonds is 5. The molecule has 0 atom stereocenters. The van der Waals surface area contributed by atoms with Crippen molar-refractivity contribution in [3.05, 3.63) is 18.2 Å². The lowest BCUT2D eigenvalue weighted by Crippen LogP contribution is -2.32. The Morgan fingerprint density at radius 1 is 1.25 bits per heavy atom. The lowest BCUT2D eigenvalue weighted by Gasteiger charge is -2.19. The molecule has 1 N–H and O–H groups in total. The Morgan fingerprint density at radius 2 is 1.85 bits per heavy atom. The standard InChI is InChI=1S/C12H19N5O3/c1-6-19-8(2)10-16-14-9(15-17-10)7-13-11(18)20-12(3,4)5/h2,6-7H2,1,3-5H3,(H,13,18). The van der Waals surface area contributed by atoms with E-state index in [1.807, 2.05) is 6.92 Å². The third-order valence-corrected chi connectivity index (χ3v) is 1.88. The number of hydrogen-bond donors (Lipinski definition) is 1. The second-order valence-corrected chi connectivity index (χ2v) is 4.85. The SMILES string of the molecule is C=C(OCC)c1nnc(CNC(=O)OC(C)(C)C)nn1. The minimum Gasteiger partial charge on any atom is -0.490 e. The van der Waals surface area contributed by atoms with E-state index in [-0.39, 0.29) is 18.2 Å². The molecular weight excluding hydrogens is 262 g/mol. The normalized spacial score (nSPS) is 10.8. The summed E-state index contributed by atoms with van der Waals surface area (Å²) in [6, 6.07) is 0. The van der Waals surface area contributed by atoms with Gasteiger partial charge in [0.2, 0.25) is 5.82 Å². The van der Waals surface area contributed by atoms with Gasteiger partial charge >= 0.3 is 6.09 Å². The number of nitrogens with zero attached hydrogens (tertiary/aromatic N) is 4. The van der Waals surface area contributed by atoms with Crippen LogP contribution in [0.2, 0.25) is 0 Å². The van der Waals surface area contributed by atoms with Gasteiger partial charge in [-0.25, -0.2) is 4.79 Å². The Hall–Kier alpha value is -2.25. The van der Waals surface area contributed by atoms with Crippen LogP contribution in [0, 0.1) is 0 Å². The number of nitrogens with one attached hydrogen (secondary N) is 1. The first-order chi connectivity index (χ1) is 9.31. The molecule has 0 aliphatic heterocycles. The summed E-state index contributed by atoms with van der Waals surface area (Å²) in [5.41, 5.74) is -0.555. The maximum absolute atomic E-state index is 11.4. The summed E-state index contributed by atoms with van der Waals surface area (Å²) in [6.07, 6.45) is -0.552. The molecule has 0 radical (unpaired) electrons. The molecule has 0 bridgehead atoms. The average molecular weight is 281 g/mol. The van der Waals surface area contributed by atoms with Crippen molar-refractivity contribution in [2.75, 3.05) is 6.61 Å². The van der Waals surface area contributed by atoms with Gasteiger partial charge in [-0.15, -0.1) is 20.4 Å². The second-order valence-electron chi connectivity index (χ2n) is 4.85. The van der Waals surface area contributed by atoms with Gasteiger partial charge in [0.05, 0.1) is 13.2 Å². The van der Waals surface area contributed by atoms with Gasteiger partial charge < -0.3 is 14.8 Å². The van der Waals surface area contributed by atoms with Crippen molar-refractivity contribution in [2.24, 2.45) is 0 Å². The Labute approximate surface area is 117 Å². The molecule has 1 amide bonds. The highest BCUT2D eigenvalue weighted by atomic mass is 16.6. The molecular formula is C12H19N5O3. The Morgan fingerprint density at radius 3 is 2.35 bits per heavy atom. The van der Waals surface area contributed by atoms with Crippen LogP contribution in [-0.2, 0) is 16.0 Å². The van der Waals surface area contributed by atoms with Crippen molar-refractivity contribution in [1.82, 2.24) is 25.7 Å². The number of ether oxygens (including phenoxy) is 2. The summed E-state index contributed by atoms with van der Waals surface area (Å²) >= 11 is 0. The molecule has 0 unspecified atom stereocenters. The summed E-state index contributed by atoms with van der Waals surface area (Å²) in [6.45, 7) is 11.3. The maximum atomic E-state index is 11.4. The predicted octanol–water partition coefficient (Wildman–Crippen LogP) is 1.30. The van der Waals surface area contributed by atoms with Crippen molar-refractivity contribution >= 4 is 11.9 Å². The third-order valence-electron chi connectivity index (χ3n) is 1.88. The zero-order valence-corrected chi connectivity index (χ0v) is 12.1. The van der Waals surface area contributed by atoms with E-state index in [4.69, 9.17) is 9.47 Å². The molecule has 110 valence electrons. The first-order valence-electron chi connectivity index (χ1n) is 6.17. The van der Waals surface area contributed by atoms with Crippen molar-refractivity contribution < 1.29 is 14.3 Å². The average Bonchev–Trinajstić information content (AvgIpc) is 2.35. The molecule has 20 heavy (non-hydrogen) atoms. The molecule has 0 saturated heterocycles. The van der Waals surface area contributed by atoms with Gasteiger partial charge in [-0.2, -0.15) is 0 Å². The maximum Gasteiger partial charge on any atom is 0.408 e. The smallest absolute Gasteiger partial charge is 0.408 e. The molecule has 0 aliphatic rings. The number of alkyl carbamates (subject to hydrolysis) is 1. The van der Waals surface area contributed by atoms with E-state index in [0.29, 0.717) is 12.4 Å². The summed E-state index contributed by atoms with van der Waals surface area (Å²) < 4.78 is 10.2. The highest BCUT2D eigenvalue weighted by molar-refractivity contribution is 5.67. The van der Waals surface area contributed by atoms with Crippen molar-refractivity contribution in [1.29, 1.82) is 0 Å². The highest BCUT2D eigenvalue weighted by Crippen LogP contribution is 2.07. The minimum absolute atomic E-state index is 0.0797. The lowest BCUT2D eigenvalue weighted by atomic mass is 10.2. The van der Waals surface area contributed by atoms with Gasteiger partial charge in [-0.3, -0.25) is 0 Å². The van der Waals surface area contributed by atoms with E-state index < -0.39 is 11.7 Å². The highest BCUT2D eigenvalue weighted by Gasteiger charge is 2.16. The predicted molar refractivity (Wildman–Crippen MR) is 71.4 cm³/mol. The fourth-order valence-corrected chi connectivity index (χ4v) is 1.14. The van der Waals surface area contributed by atoms with Gasteiger partial charge in [0.1, 0.15) is 5.60 Å². The first kappa shape index (κ1) is 15.8. The van der Waals surface area contributed by atoms with Gasteiger partial charge in [-0.1, -0.05) is 6.58 Å². The summed E-state index contributed by atoms with van der Waals surface area (Å²) in [5.74, 6) is 0.788. The molecule has 1 rings (SSSR count). The van der Waals surface area contributed by atoms with Gasteiger partial charge in [0.15, 0.2) is 11.6 Å².